The van der Waals surface area contributed by atoms with Crippen LogP contribution >= 0.6 is 0 Å². The van der Waals surface area contributed by atoms with Crippen LogP contribution < -0.4 is 10.6 Å². The van der Waals surface area contributed by atoms with Gasteiger partial charge in [0.1, 0.15) is 11.6 Å². The van der Waals surface area contributed by atoms with Gasteiger partial charge in [-0.2, -0.15) is 0 Å². The molecule has 0 saturated carbocycles. The van der Waals surface area contributed by atoms with Gasteiger partial charge in [-0.15, -0.1) is 0 Å². The second kappa shape index (κ2) is 6.24. The summed E-state index contributed by atoms with van der Waals surface area (Å²) in [5.41, 5.74) is 1.51. The van der Waals surface area contributed by atoms with Crippen molar-refractivity contribution in [3.63, 3.8) is 0 Å². The van der Waals surface area contributed by atoms with E-state index in [-0.39, 0.29) is 17.6 Å². The number of benzene rings is 2. The molecule has 1 aliphatic heterocycles. The SMILES string of the molecule is Cc1c(C(=O)NC2CCCCNC2=O)oc2c1ccc1ccccc12. The Labute approximate surface area is 145 Å². The summed E-state index contributed by atoms with van der Waals surface area (Å²) in [6, 6.07) is 11.4. The first-order chi connectivity index (χ1) is 12.1. The second-order valence-electron chi connectivity index (χ2n) is 6.53. The molecule has 25 heavy (non-hydrogen) atoms. The van der Waals surface area contributed by atoms with E-state index in [2.05, 4.69) is 10.6 Å². The van der Waals surface area contributed by atoms with Crippen molar-refractivity contribution in [3.8, 4) is 0 Å². The molecule has 1 unspecified atom stereocenters. The van der Waals surface area contributed by atoms with Gasteiger partial charge in [0.2, 0.25) is 5.91 Å². The van der Waals surface area contributed by atoms with Crippen LogP contribution in [-0.2, 0) is 4.79 Å². The van der Waals surface area contributed by atoms with Crippen molar-refractivity contribution in [3.05, 3.63) is 47.7 Å². The van der Waals surface area contributed by atoms with Crippen LogP contribution in [-0.4, -0.2) is 24.4 Å². The number of carbonyl (C=O) groups is 2. The number of hydrogen-bond donors (Lipinski definition) is 2. The molecule has 2 aromatic carbocycles. The molecule has 128 valence electrons. The first-order valence-corrected chi connectivity index (χ1v) is 8.64. The Morgan fingerprint density at radius 3 is 2.88 bits per heavy atom. The zero-order valence-corrected chi connectivity index (χ0v) is 14.1. The third kappa shape index (κ3) is 2.76. The lowest BCUT2D eigenvalue weighted by Crippen LogP contribution is -2.45. The van der Waals surface area contributed by atoms with Gasteiger partial charge in [-0.05, 0) is 31.6 Å². The molecule has 0 radical (unpaired) electrons. The summed E-state index contributed by atoms with van der Waals surface area (Å²) in [7, 11) is 0. The van der Waals surface area contributed by atoms with Crippen LogP contribution in [0.1, 0.15) is 35.4 Å². The highest BCUT2D eigenvalue weighted by atomic mass is 16.3. The lowest BCUT2D eigenvalue weighted by Gasteiger charge is -2.14. The van der Waals surface area contributed by atoms with Crippen molar-refractivity contribution >= 4 is 33.6 Å². The third-order valence-electron chi connectivity index (χ3n) is 4.88. The Morgan fingerprint density at radius 2 is 2.00 bits per heavy atom. The van der Waals surface area contributed by atoms with Crippen LogP contribution in [0.15, 0.2) is 40.8 Å². The molecule has 2 amide bonds. The zero-order valence-electron chi connectivity index (χ0n) is 14.1. The van der Waals surface area contributed by atoms with E-state index in [1.807, 2.05) is 43.3 Å². The minimum atomic E-state index is -0.501. The highest BCUT2D eigenvalue weighted by Gasteiger charge is 2.26. The van der Waals surface area contributed by atoms with E-state index in [1.54, 1.807) is 0 Å². The van der Waals surface area contributed by atoms with Crippen molar-refractivity contribution in [2.45, 2.75) is 32.2 Å². The molecule has 2 heterocycles. The van der Waals surface area contributed by atoms with Gasteiger partial charge in [-0.1, -0.05) is 36.4 Å². The Kier molecular flexibility index (Phi) is 3.92. The molecule has 1 fully saturated rings. The molecule has 1 aromatic heterocycles. The second-order valence-corrected chi connectivity index (χ2v) is 6.53. The van der Waals surface area contributed by atoms with Gasteiger partial charge in [0.15, 0.2) is 5.76 Å². The van der Waals surface area contributed by atoms with Crippen LogP contribution in [0.4, 0.5) is 0 Å². The van der Waals surface area contributed by atoms with Gasteiger partial charge in [-0.3, -0.25) is 9.59 Å². The summed E-state index contributed by atoms with van der Waals surface area (Å²) < 4.78 is 5.94. The van der Waals surface area contributed by atoms with Crippen molar-refractivity contribution < 1.29 is 14.0 Å². The fraction of sp³-hybridized carbons (Fsp3) is 0.300. The molecule has 5 nitrogen and oxygen atoms in total. The maximum Gasteiger partial charge on any atom is 0.287 e. The normalized spacial score (nSPS) is 18.1. The van der Waals surface area contributed by atoms with Crippen molar-refractivity contribution in [1.29, 1.82) is 0 Å². The van der Waals surface area contributed by atoms with Gasteiger partial charge >= 0.3 is 0 Å². The molecule has 5 heteroatoms. The number of nitrogens with one attached hydrogen (secondary N) is 2. The summed E-state index contributed by atoms with van der Waals surface area (Å²) in [5, 5.41) is 8.64. The molecular formula is C20H20N2O3. The summed E-state index contributed by atoms with van der Waals surface area (Å²) in [4.78, 5) is 24.8. The molecule has 1 saturated heterocycles. The molecule has 4 rings (SSSR count). The van der Waals surface area contributed by atoms with Gasteiger partial charge in [0, 0.05) is 22.9 Å². The van der Waals surface area contributed by atoms with Gasteiger partial charge in [0.25, 0.3) is 5.91 Å². The largest absolute Gasteiger partial charge is 0.450 e. The van der Waals surface area contributed by atoms with Crippen LogP contribution in [0.5, 0.6) is 0 Å². The first kappa shape index (κ1) is 15.7. The number of aryl methyl sites for hydroxylation is 1. The topological polar surface area (TPSA) is 71.3 Å². The van der Waals surface area contributed by atoms with Crippen molar-refractivity contribution in [1.82, 2.24) is 10.6 Å². The summed E-state index contributed by atoms with van der Waals surface area (Å²) in [6.45, 7) is 2.55. The van der Waals surface area contributed by atoms with E-state index in [0.29, 0.717) is 18.5 Å². The standard InChI is InChI=1S/C20H20N2O3/c1-12-14-10-9-13-6-2-3-7-15(13)18(14)25-17(12)20(24)22-16-8-4-5-11-21-19(16)23/h2-3,6-7,9-10,16H,4-5,8,11H2,1H3,(H,21,23)(H,22,24). The van der Waals surface area contributed by atoms with E-state index in [0.717, 1.165) is 34.6 Å². The van der Waals surface area contributed by atoms with Crippen molar-refractivity contribution in [2.24, 2.45) is 0 Å². The summed E-state index contributed by atoms with van der Waals surface area (Å²) in [6.07, 6.45) is 2.50. The number of furan rings is 1. The number of carbonyl (C=O) groups excluding carboxylic acids is 2. The van der Waals surface area contributed by atoms with Crippen LogP contribution in [0.3, 0.4) is 0 Å². The average Bonchev–Trinajstić information content (AvgIpc) is 2.84. The van der Waals surface area contributed by atoms with Gasteiger partial charge in [0.05, 0.1) is 0 Å². The maximum atomic E-state index is 12.7. The molecule has 0 aliphatic carbocycles. The maximum absolute atomic E-state index is 12.7. The van der Waals surface area contributed by atoms with Crippen molar-refractivity contribution in [2.75, 3.05) is 6.54 Å². The van der Waals surface area contributed by atoms with E-state index in [1.165, 1.54) is 0 Å². The number of hydrogen-bond acceptors (Lipinski definition) is 3. The lowest BCUT2D eigenvalue weighted by molar-refractivity contribution is -0.122. The van der Waals surface area contributed by atoms with E-state index in [4.69, 9.17) is 4.42 Å². The summed E-state index contributed by atoms with van der Waals surface area (Å²) in [5.74, 6) is -0.173. The average molecular weight is 336 g/mol. The fourth-order valence-electron chi connectivity index (χ4n) is 3.47. The smallest absolute Gasteiger partial charge is 0.287 e. The molecule has 3 aromatic rings. The highest BCUT2D eigenvalue weighted by molar-refractivity contribution is 6.09. The monoisotopic (exact) mass is 336 g/mol. The molecule has 0 spiro atoms. The summed E-state index contributed by atoms with van der Waals surface area (Å²) >= 11 is 0. The van der Waals surface area contributed by atoms with Crippen LogP contribution in [0.2, 0.25) is 0 Å². The Hall–Kier alpha value is -2.82. The number of rotatable bonds is 2. The molecule has 1 aliphatic rings. The fourth-order valence-corrected chi connectivity index (χ4v) is 3.47. The van der Waals surface area contributed by atoms with Crippen LogP contribution in [0.25, 0.3) is 21.7 Å². The Morgan fingerprint density at radius 1 is 1.16 bits per heavy atom. The van der Waals surface area contributed by atoms with E-state index in [9.17, 15) is 9.59 Å². The minimum Gasteiger partial charge on any atom is -0.450 e. The van der Waals surface area contributed by atoms with Gasteiger partial charge in [-0.25, -0.2) is 0 Å². The highest BCUT2D eigenvalue weighted by Crippen LogP contribution is 2.31. The molecule has 1 atom stereocenters. The Balaban J connectivity index is 1.71. The quantitative estimate of drug-likeness (QED) is 0.754. The number of amides is 2. The third-order valence-corrected chi connectivity index (χ3v) is 4.88. The predicted molar refractivity (Wildman–Crippen MR) is 96.6 cm³/mol. The van der Waals surface area contributed by atoms with E-state index >= 15 is 0 Å². The zero-order chi connectivity index (χ0) is 17.4. The first-order valence-electron chi connectivity index (χ1n) is 8.64. The van der Waals surface area contributed by atoms with E-state index < -0.39 is 6.04 Å². The predicted octanol–water partition coefficient (Wildman–Crippen LogP) is 3.29. The van der Waals surface area contributed by atoms with Gasteiger partial charge < -0.3 is 15.1 Å². The Bertz CT molecular complexity index is 974. The number of fused-ring (bicyclic) bond motifs is 3. The minimum absolute atomic E-state index is 0.120. The lowest BCUT2D eigenvalue weighted by atomic mass is 10.1. The molecule has 2 N–H and O–H groups in total. The molecular weight excluding hydrogens is 316 g/mol. The van der Waals surface area contributed by atoms with Crippen LogP contribution in [0, 0.1) is 6.92 Å². The molecule has 0 bridgehead atoms.